The van der Waals surface area contributed by atoms with Crippen LogP contribution in [0.3, 0.4) is 0 Å². The number of nitrogens with one attached hydrogen (secondary N) is 4. The molecule has 2 heterocycles. The summed E-state index contributed by atoms with van der Waals surface area (Å²) in [7, 11) is -2.37. The van der Waals surface area contributed by atoms with Crippen molar-refractivity contribution in [1.29, 1.82) is 0 Å². The van der Waals surface area contributed by atoms with E-state index in [1.165, 1.54) is 32.2 Å². The van der Waals surface area contributed by atoms with Gasteiger partial charge in [0, 0.05) is 18.2 Å². The molecule has 0 aromatic heterocycles. The predicted octanol–water partition coefficient (Wildman–Crippen LogP) is -0.220. The van der Waals surface area contributed by atoms with E-state index in [4.69, 9.17) is 4.74 Å². The molecule has 0 spiro atoms. The Morgan fingerprint density at radius 1 is 1.31 bits per heavy atom. The first kappa shape index (κ1) is 18.6. The Bertz CT molecular complexity index is 835. The third-order valence-electron chi connectivity index (χ3n) is 4.68. The SMILES string of the molecule is COc1ccc(S(=O)(=O)NC2CCCNC2)cc1C1(C)NC(=O)NC1=O. The molecule has 4 N–H and O–H groups in total. The van der Waals surface area contributed by atoms with Gasteiger partial charge in [-0.05, 0) is 44.5 Å². The number of sulfonamides is 1. The fourth-order valence-corrected chi connectivity index (χ4v) is 4.51. The maximum atomic E-state index is 12.7. The van der Waals surface area contributed by atoms with Crippen LogP contribution < -0.4 is 25.4 Å². The van der Waals surface area contributed by atoms with Crippen molar-refractivity contribution in [2.24, 2.45) is 0 Å². The lowest BCUT2D eigenvalue weighted by molar-refractivity contribution is -0.123. The number of carbonyl (C=O) groups excluding carboxylic acids is 2. The van der Waals surface area contributed by atoms with E-state index < -0.39 is 27.5 Å². The number of amides is 3. The van der Waals surface area contributed by atoms with Gasteiger partial charge >= 0.3 is 6.03 Å². The summed E-state index contributed by atoms with van der Waals surface area (Å²) in [6, 6.07) is 3.43. The molecule has 0 radical (unpaired) electrons. The van der Waals surface area contributed by atoms with E-state index in [-0.39, 0.29) is 16.5 Å². The largest absolute Gasteiger partial charge is 0.496 e. The molecule has 2 saturated heterocycles. The zero-order chi connectivity index (χ0) is 18.9. The summed E-state index contributed by atoms with van der Waals surface area (Å²) in [6.45, 7) is 2.94. The monoisotopic (exact) mass is 382 g/mol. The van der Waals surface area contributed by atoms with Crippen LogP contribution in [0, 0.1) is 0 Å². The van der Waals surface area contributed by atoms with Gasteiger partial charge in [0.25, 0.3) is 5.91 Å². The number of ether oxygens (including phenoxy) is 1. The van der Waals surface area contributed by atoms with Crippen molar-refractivity contribution in [2.45, 2.75) is 36.2 Å². The Kier molecular flexibility index (Phi) is 4.91. The second kappa shape index (κ2) is 6.86. The lowest BCUT2D eigenvalue weighted by Crippen LogP contribution is -2.45. The molecular formula is C16H22N4O5S. The van der Waals surface area contributed by atoms with Crippen LogP contribution in [0.2, 0.25) is 0 Å². The van der Waals surface area contributed by atoms with Gasteiger partial charge in [-0.1, -0.05) is 0 Å². The van der Waals surface area contributed by atoms with Crippen molar-refractivity contribution < 1.29 is 22.7 Å². The average molecular weight is 382 g/mol. The minimum Gasteiger partial charge on any atom is -0.496 e. The molecule has 1 aromatic carbocycles. The summed E-state index contributed by atoms with van der Waals surface area (Å²) < 4.78 is 33.4. The van der Waals surface area contributed by atoms with E-state index in [0.29, 0.717) is 12.3 Å². The highest BCUT2D eigenvalue weighted by molar-refractivity contribution is 7.89. The smallest absolute Gasteiger partial charge is 0.322 e. The van der Waals surface area contributed by atoms with Crippen LogP contribution >= 0.6 is 0 Å². The molecule has 9 nitrogen and oxygen atoms in total. The van der Waals surface area contributed by atoms with E-state index in [1.807, 2.05) is 0 Å². The van der Waals surface area contributed by atoms with Crippen LogP contribution in [-0.4, -0.2) is 46.6 Å². The average Bonchev–Trinajstić information content (AvgIpc) is 2.87. The van der Waals surface area contributed by atoms with Crippen LogP contribution in [0.15, 0.2) is 23.1 Å². The van der Waals surface area contributed by atoms with Gasteiger partial charge in [0.05, 0.1) is 12.0 Å². The van der Waals surface area contributed by atoms with Crippen molar-refractivity contribution in [3.05, 3.63) is 23.8 Å². The summed E-state index contributed by atoms with van der Waals surface area (Å²) in [4.78, 5) is 23.8. The Hall–Kier alpha value is -2.17. The standard InChI is InChI=1S/C16H22N4O5S/c1-16(14(21)18-15(22)19-16)12-8-11(5-6-13(12)25-2)26(23,24)20-10-4-3-7-17-9-10/h5-6,8,10,17,20H,3-4,7,9H2,1-2H3,(H2,18,19,21,22). The third kappa shape index (κ3) is 3.39. The van der Waals surface area contributed by atoms with Crippen molar-refractivity contribution >= 4 is 22.0 Å². The Morgan fingerprint density at radius 2 is 2.08 bits per heavy atom. The quantitative estimate of drug-likeness (QED) is 0.522. The molecule has 3 amide bonds. The fourth-order valence-electron chi connectivity index (χ4n) is 3.22. The zero-order valence-corrected chi connectivity index (χ0v) is 15.4. The Labute approximate surface area is 151 Å². The lowest BCUT2D eigenvalue weighted by Gasteiger charge is -2.26. The summed E-state index contributed by atoms with van der Waals surface area (Å²) in [5.41, 5.74) is -1.15. The molecule has 1 aromatic rings. The molecular weight excluding hydrogens is 360 g/mol. The number of methoxy groups -OCH3 is 1. The normalized spacial score (nSPS) is 26.3. The summed E-state index contributed by atoms with van der Waals surface area (Å²) in [5.74, 6) is -0.261. The van der Waals surface area contributed by atoms with Gasteiger partial charge in [0.2, 0.25) is 10.0 Å². The molecule has 142 valence electrons. The first-order chi connectivity index (χ1) is 12.3. The molecule has 0 aliphatic carbocycles. The van der Waals surface area contributed by atoms with Crippen LogP contribution in [0.1, 0.15) is 25.3 Å². The Morgan fingerprint density at radius 3 is 2.65 bits per heavy atom. The molecule has 2 atom stereocenters. The fraction of sp³-hybridized carbons (Fsp3) is 0.500. The Balaban J connectivity index is 1.97. The number of rotatable bonds is 5. The first-order valence-electron chi connectivity index (χ1n) is 8.31. The van der Waals surface area contributed by atoms with Gasteiger partial charge in [-0.25, -0.2) is 17.9 Å². The molecule has 2 aliphatic rings. The van der Waals surface area contributed by atoms with E-state index in [9.17, 15) is 18.0 Å². The van der Waals surface area contributed by atoms with E-state index in [1.54, 1.807) is 0 Å². The second-order valence-electron chi connectivity index (χ2n) is 6.56. The highest BCUT2D eigenvalue weighted by atomic mass is 32.2. The lowest BCUT2D eigenvalue weighted by atomic mass is 9.91. The topological polar surface area (TPSA) is 126 Å². The van der Waals surface area contributed by atoms with Crippen LogP contribution in [-0.2, 0) is 20.4 Å². The number of benzene rings is 1. The third-order valence-corrected chi connectivity index (χ3v) is 6.20. The first-order valence-corrected chi connectivity index (χ1v) is 9.80. The molecule has 3 rings (SSSR count). The van der Waals surface area contributed by atoms with Crippen molar-refractivity contribution in [3.63, 3.8) is 0 Å². The van der Waals surface area contributed by atoms with E-state index >= 15 is 0 Å². The number of urea groups is 1. The van der Waals surface area contributed by atoms with Gasteiger partial charge in [-0.3, -0.25) is 10.1 Å². The van der Waals surface area contributed by atoms with Gasteiger partial charge in [-0.2, -0.15) is 0 Å². The van der Waals surface area contributed by atoms with Crippen LogP contribution in [0.4, 0.5) is 4.79 Å². The van der Waals surface area contributed by atoms with Gasteiger partial charge in [0.15, 0.2) is 0 Å². The summed E-state index contributed by atoms with van der Waals surface area (Å²) in [6.07, 6.45) is 1.65. The van der Waals surface area contributed by atoms with E-state index in [0.717, 1.165) is 19.4 Å². The van der Waals surface area contributed by atoms with Gasteiger partial charge < -0.3 is 15.4 Å². The number of hydrogen-bond donors (Lipinski definition) is 4. The van der Waals surface area contributed by atoms with Crippen molar-refractivity contribution in [2.75, 3.05) is 20.2 Å². The molecule has 0 bridgehead atoms. The van der Waals surface area contributed by atoms with Crippen LogP contribution in [0.5, 0.6) is 5.75 Å². The zero-order valence-electron chi connectivity index (χ0n) is 14.6. The molecule has 10 heteroatoms. The van der Waals surface area contributed by atoms with Crippen molar-refractivity contribution in [3.8, 4) is 5.75 Å². The molecule has 26 heavy (non-hydrogen) atoms. The van der Waals surface area contributed by atoms with Gasteiger partial charge in [-0.15, -0.1) is 0 Å². The highest BCUT2D eigenvalue weighted by Crippen LogP contribution is 2.34. The summed E-state index contributed by atoms with van der Waals surface area (Å²) in [5, 5.41) is 7.84. The van der Waals surface area contributed by atoms with Crippen molar-refractivity contribution in [1.82, 2.24) is 20.7 Å². The van der Waals surface area contributed by atoms with E-state index in [2.05, 4.69) is 20.7 Å². The maximum absolute atomic E-state index is 12.7. The molecule has 2 unspecified atom stereocenters. The number of piperidine rings is 1. The molecule has 2 aliphatic heterocycles. The van der Waals surface area contributed by atoms with Gasteiger partial charge in [0.1, 0.15) is 11.3 Å². The second-order valence-corrected chi connectivity index (χ2v) is 8.27. The summed E-state index contributed by atoms with van der Waals surface area (Å²) >= 11 is 0. The number of carbonyl (C=O) groups is 2. The maximum Gasteiger partial charge on any atom is 0.322 e. The minimum atomic E-state index is -3.78. The number of imide groups is 1. The predicted molar refractivity (Wildman–Crippen MR) is 93.2 cm³/mol. The van der Waals surface area contributed by atoms with Crippen LogP contribution in [0.25, 0.3) is 0 Å². The number of hydrogen-bond acceptors (Lipinski definition) is 6. The minimum absolute atomic E-state index is 0.00838. The molecule has 2 fully saturated rings. The highest BCUT2D eigenvalue weighted by Gasteiger charge is 2.45. The molecule has 0 saturated carbocycles.